The molecule has 0 N–H and O–H groups in total. The third-order valence-corrected chi connectivity index (χ3v) is 8.25. The Balaban J connectivity index is 1.66. The number of nitro groups is 1. The first-order valence-corrected chi connectivity index (χ1v) is 14.3. The Morgan fingerprint density at radius 1 is 1.16 bits per heavy atom. The highest BCUT2D eigenvalue weighted by atomic mass is 35.5. The molecule has 0 spiro atoms. The zero-order valence-electron chi connectivity index (χ0n) is 23.2. The number of aromatic nitrogens is 1. The van der Waals surface area contributed by atoms with E-state index in [9.17, 15) is 19.7 Å². The van der Waals surface area contributed by atoms with E-state index in [1.807, 2.05) is 0 Å². The molecule has 222 valence electrons. The summed E-state index contributed by atoms with van der Waals surface area (Å²) in [5.74, 6) is 0.931. The van der Waals surface area contributed by atoms with Crippen LogP contribution in [0.3, 0.4) is 0 Å². The van der Waals surface area contributed by atoms with Gasteiger partial charge in [-0.05, 0) is 50.2 Å². The number of fused-ring (bicyclic) bond motifs is 1. The van der Waals surface area contributed by atoms with Crippen LogP contribution in [0.4, 0.5) is 5.69 Å². The third kappa shape index (κ3) is 5.56. The van der Waals surface area contributed by atoms with Crippen LogP contribution in [0.15, 0.2) is 67.9 Å². The molecular weight excluding hydrogens is 621 g/mol. The van der Waals surface area contributed by atoms with Gasteiger partial charge in [0, 0.05) is 23.3 Å². The summed E-state index contributed by atoms with van der Waals surface area (Å²) in [7, 11) is 3.01. The minimum Gasteiger partial charge on any atom is -0.497 e. The second-order valence-corrected chi connectivity index (χ2v) is 11.0. The van der Waals surface area contributed by atoms with Crippen LogP contribution in [0.5, 0.6) is 11.5 Å². The molecule has 1 aliphatic rings. The fraction of sp³-hybridized carbons (Fsp3) is 0.207. The summed E-state index contributed by atoms with van der Waals surface area (Å²) in [6.07, 6.45) is 1.54. The number of nitrogens with zero attached hydrogens (tertiary/aromatic N) is 3. The highest BCUT2D eigenvalue weighted by Crippen LogP contribution is 2.39. The SMILES string of the molecule is CCOC(=O)C1=C(C)N=c2s/c(=C/c3ccc(-c4cc(Cl)c([N+](=O)[O-])cc4Cl)o3)c(=O)n2C1c1cc(OC)ccc1OC. The molecule has 5 rings (SSSR count). The van der Waals surface area contributed by atoms with E-state index in [0.29, 0.717) is 44.6 Å². The maximum Gasteiger partial charge on any atom is 0.338 e. The van der Waals surface area contributed by atoms with E-state index >= 15 is 0 Å². The van der Waals surface area contributed by atoms with Gasteiger partial charge in [0.25, 0.3) is 11.2 Å². The van der Waals surface area contributed by atoms with Gasteiger partial charge in [-0.1, -0.05) is 34.5 Å². The number of benzene rings is 2. The topological polar surface area (TPSA) is 135 Å². The molecule has 4 aromatic rings. The average molecular weight is 644 g/mol. The fourth-order valence-corrected chi connectivity index (χ4v) is 6.22. The molecule has 1 atom stereocenters. The quantitative estimate of drug-likeness (QED) is 0.144. The predicted octanol–water partition coefficient (Wildman–Crippen LogP) is 5.29. The minimum absolute atomic E-state index is 0.0746. The zero-order valence-corrected chi connectivity index (χ0v) is 25.5. The van der Waals surface area contributed by atoms with E-state index in [1.54, 1.807) is 44.2 Å². The second-order valence-electron chi connectivity index (χ2n) is 9.15. The predicted molar refractivity (Wildman–Crippen MR) is 161 cm³/mol. The number of halogens is 2. The number of carbonyl (C=O) groups is 1. The molecule has 2 aromatic heterocycles. The lowest BCUT2D eigenvalue weighted by molar-refractivity contribution is -0.384. The summed E-state index contributed by atoms with van der Waals surface area (Å²) in [4.78, 5) is 42.7. The van der Waals surface area contributed by atoms with E-state index in [0.717, 1.165) is 17.4 Å². The number of rotatable bonds is 8. The lowest BCUT2D eigenvalue weighted by Gasteiger charge is -2.26. The first-order valence-electron chi connectivity index (χ1n) is 12.7. The Hall–Kier alpha value is -4.39. The molecular formula is C29H23Cl2N3O8S. The lowest BCUT2D eigenvalue weighted by atomic mass is 9.95. The fourth-order valence-electron chi connectivity index (χ4n) is 4.71. The molecule has 11 nitrogen and oxygen atoms in total. The summed E-state index contributed by atoms with van der Waals surface area (Å²) in [6.45, 7) is 3.51. The van der Waals surface area contributed by atoms with Crippen LogP contribution in [-0.4, -0.2) is 36.3 Å². The van der Waals surface area contributed by atoms with Crippen molar-refractivity contribution in [2.45, 2.75) is 19.9 Å². The van der Waals surface area contributed by atoms with E-state index in [1.165, 1.54) is 30.9 Å². The number of allylic oxidation sites excluding steroid dienone is 1. The van der Waals surface area contributed by atoms with Crippen LogP contribution < -0.4 is 24.4 Å². The molecule has 0 saturated heterocycles. The Labute approximate surface area is 258 Å². The van der Waals surface area contributed by atoms with E-state index in [-0.39, 0.29) is 32.4 Å². The summed E-state index contributed by atoms with van der Waals surface area (Å²) < 4.78 is 24.0. The van der Waals surface area contributed by atoms with Gasteiger partial charge in [-0.2, -0.15) is 0 Å². The van der Waals surface area contributed by atoms with Crippen molar-refractivity contribution >= 4 is 52.3 Å². The minimum atomic E-state index is -0.921. The van der Waals surface area contributed by atoms with Crippen molar-refractivity contribution in [3.63, 3.8) is 0 Å². The summed E-state index contributed by atoms with van der Waals surface area (Å²) in [5, 5.41) is 11.2. The molecule has 14 heteroatoms. The monoisotopic (exact) mass is 643 g/mol. The van der Waals surface area contributed by atoms with Crippen molar-refractivity contribution < 1.29 is 28.3 Å². The summed E-state index contributed by atoms with van der Waals surface area (Å²) >= 11 is 13.5. The molecule has 1 unspecified atom stereocenters. The van der Waals surface area contributed by atoms with E-state index < -0.39 is 22.5 Å². The average Bonchev–Trinajstić information content (AvgIpc) is 3.56. The molecule has 0 aliphatic carbocycles. The van der Waals surface area contributed by atoms with Crippen molar-refractivity contribution in [2.75, 3.05) is 20.8 Å². The zero-order chi connectivity index (χ0) is 31.0. The Morgan fingerprint density at radius 2 is 1.93 bits per heavy atom. The van der Waals surface area contributed by atoms with Gasteiger partial charge in [0.05, 0.1) is 46.6 Å². The van der Waals surface area contributed by atoms with Gasteiger partial charge in [-0.3, -0.25) is 19.5 Å². The van der Waals surface area contributed by atoms with Crippen molar-refractivity contribution in [3.8, 4) is 22.8 Å². The van der Waals surface area contributed by atoms with Crippen molar-refractivity contribution in [1.29, 1.82) is 0 Å². The largest absolute Gasteiger partial charge is 0.497 e. The molecule has 2 aromatic carbocycles. The number of methoxy groups -OCH3 is 2. The van der Waals surface area contributed by atoms with Crippen LogP contribution in [-0.2, 0) is 9.53 Å². The molecule has 3 heterocycles. The third-order valence-electron chi connectivity index (χ3n) is 6.65. The number of carbonyl (C=O) groups excluding carboxylic acids is 1. The standard InChI is InChI=1S/C29H23Cl2N3O8S/c1-5-41-28(36)25-14(2)32-29-33(26(25)18-10-15(39-3)6-8-22(18)40-4)27(35)24(43-29)11-16-7-9-23(42-16)17-12-20(31)21(34(37)38)13-19(17)30/h6-13,26H,5H2,1-4H3/b24-11+. The van der Waals surface area contributed by atoms with Crippen LogP contribution in [0, 0.1) is 10.1 Å². The van der Waals surface area contributed by atoms with Gasteiger partial charge in [-0.25, -0.2) is 9.79 Å². The first kappa shape index (κ1) is 30.1. The molecule has 0 radical (unpaired) electrons. The number of furan rings is 1. The van der Waals surface area contributed by atoms with Crippen LogP contribution in [0.25, 0.3) is 17.4 Å². The van der Waals surface area contributed by atoms with Gasteiger partial charge < -0.3 is 18.6 Å². The van der Waals surface area contributed by atoms with Gasteiger partial charge in [0.2, 0.25) is 0 Å². The van der Waals surface area contributed by atoms with E-state index in [2.05, 4.69) is 4.99 Å². The molecule has 0 amide bonds. The van der Waals surface area contributed by atoms with Crippen molar-refractivity contribution in [3.05, 3.63) is 105 Å². The van der Waals surface area contributed by atoms with Crippen LogP contribution in [0.1, 0.15) is 31.2 Å². The molecule has 1 aliphatic heterocycles. The van der Waals surface area contributed by atoms with Crippen molar-refractivity contribution in [1.82, 2.24) is 4.57 Å². The number of ether oxygens (including phenoxy) is 3. The first-order chi connectivity index (χ1) is 20.6. The normalized spacial score (nSPS) is 14.7. The van der Waals surface area contributed by atoms with Crippen molar-refractivity contribution in [2.24, 2.45) is 4.99 Å². The van der Waals surface area contributed by atoms with Gasteiger partial charge in [0.15, 0.2) is 4.80 Å². The summed E-state index contributed by atoms with van der Waals surface area (Å²) in [6, 6.07) is 9.92. The van der Waals surface area contributed by atoms with Gasteiger partial charge in [0.1, 0.15) is 34.1 Å². The molecule has 0 bridgehead atoms. The number of esters is 1. The van der Waals surface area contributed by atoms with Gasteiger partial charge in [-0.15, -0.1) is 0 Å². The summed E-state index contributed by atoms with van der Waals surface area (Å²) in [5.41, 5.74) is 0.684. The van der Waals surface area contributed by atoms with Crippen LogP contribution >= 0.6 is 34.5 Å². The highest BCUT2D eigenvalue weighted by Gasteiger charge is 2.35. The number of hydrogen-bond donors (Lipinski definition) is 0. The highest BCUT2D eigenvalue weighted by molar-refractivity contribution is 7.07. The number of hydrogen-bond acceptors (Lipinski definition) is 10. The van der Waals surface area contributed by atoms with Crippen LogP contribution in [0.2, 0.25) is 10.0 Å². The Kier molecular flexibility index (Phi) is 8.45. The second kappa shape index (κ2) is 12.1. The maximum absolute atomic E-state index is 14.0. The lowest BCUT2D eigenvalue weighted by Crippen LogP contribution is -2.40. The maximum atomic E-state index is 14.0. The Bertz CT molecular complexity index is 1990. The molecule has 0 fully saturated rings. The van der Waals surface area contributed by atoms with Gasteiger partial charge >= 0.3 is 5.97 Å². The molecule has 0 saturated carbocycles. The smallest absolute Gasteiger partial charge is 0.338 e. The number of nitro benzene ring substituents is 1. The van der Waals surface area contributed by atoms with E-state index in [4.69, 9.17) is 41.8 Å². The number of thiazole rings is 1. The Morgan fingerprint density at radius 3 is 2.60 bits per heavy atom. The molecule has 43 heavy (non-hydrogen) atoms.